The Bertz CT molecular complexity index is 808. The number of benzene rings is 2. The zero-order valence-electron chi connectivity index (χ0n) is 15.8. The fourth-order valence-corrected chi connectivity index (χ4v) is 2.76. The summed E-state index contributed by atoms with van der Waals surface area (Å²) in [5.74, 6) is -1.28. The van der Waals surface area contributed by atoms with E-state index in [2.05, 4.69) is 16.0 Å². The van der Waals surface area contributed by atoms with Gasteiger partial charge >= 0.3 is 12.0 Å². The maximum absolute atomic E-state index is 12.2. The second kappa shape index (κ2) is 10.7. The molecule has 2 rings (SSSR count). The van der Waals surface area contributed by atoms with Gasteiger partial charge in [-0.2, -0.15) is 0 Å². The molecule has 0 aliphatic heterocycles. The Balaban J connectivity index is 1.84. The largest absolute Gasteiger partial charge is 0.481 e. The van der Waals surface area contributed by atoms with Gasteiger partial charge in [0.05, 0.1) is 6.54 Å². The van der Waals surface area contributed by atoms with Crippen molar-refractivity contribution in [3.8, 4) is 0 Å². The number of carboxylic acid groups (broad SMARTS) is 1. The lowest BCUT2D eigenvalue weighted by atomic mass is 10.0. The summed E-state index contributed by atoms with van der Waals surface area (Å²) in [7, 11) is 0. The van der Waals surface area contributed by atoms with Crippen molar-refractivity contribution >= 4 is 23.6 Å². The van der Waals surface area contributed by atoms with Gasteiger partial charge in [-0.05, 0) is 43.0 Å². The van der Waals surface area contributed by atoms with Crippen molar-refractivity contribution in [3.05, 3.63) is 65.7 Å². The number of anilines is 1. The van der Waals surface area contributed by atoms with E-state index in [-0.39, 0.29) is 24.9 Å². The topological polar surface area (TPSA) is 108 Å². The lowest BCUT2D eigenvalue weighted by molar-refractivity contribution is -0.137. The Hall–Kier alpha value is -3.35. The van der Waals surface area contributed by atoms with Gasteiger partial charge in [0.2, 0.25) is 5.91 Å². The SMILES string of the molecule is Cc1cccc(NC(=O)NCC(=O)NC(CCC(=O)O)Cc2ccccc2)c1. The standard InChI is InChI=1S/C21H25N3O4/c1-15-6-5-9-17(12-15)24-21(28)22-14-19(25)23-18(10-11-20(26)27)13-16-7-3-2-4-8-16/h2-9,12,18H,10-11,13-14H2,1H3,(H,23,25)(H,26,27)(H2,22,24,28). The van der Waals surface area contributed by atoms with E-state index in [1.807, 2.05) is 55.5 Å². The Labute approximate surface area is 164 Å². The van der Waals surface area contributed by atoms with Gasteiger partial charge < -0.3 is 21.1 Å². The summed E-state index contributed by atoms with van der Waals surface area (Å²) < 4.78 is 0. The fraction of sp³-hybridized carbons (Fsp3) is 0.286. The number of carboxylic acids is 1. The highest BCUT2D eigenvalue weighted by Crippen LogP contribution is 2.09. The number of hydrogen-bond donors (Lipinski definition) is 4. The average molecular weight is 383 g/mol. The fourth-order valence-electron chi connectivity index (χ4n) is 2.76. The monoisotopic (exact) mass is 383 g/mol. The van der Waals surface area contributed by atoms with E-state index in [4.69, 9.17) is 5.11 Å². The summed E-state index contributed by atoms with van der Waals surface area (Å²) in [6, 6.07) is 16.0. The number of amides is 3. The zero-order valence-corrected chi connectivity index (χ0v) is 15.8. The van der Waals surface area contributed by atoms with Gasteiger partial charge in [0.25, 0.3) is 0 Å². The minimum atomic E-state index is -0.914. The molecule has 0 saturated carbocycles. The predicted octanol–water partition coefficient (Wildman–Crippen LogP) is 2.71. The number of carbonyl (C=O) groups is 3. The third kappa shape index (κ3) is 7.90. The highest BCUT2D eigenvalue weighted by molar-refractivity contribution is 5.92. The number of aryl methyl sites for hydroxylation is 1. The van der Waals surface area contributed by atoms with Crippen LogP contribution >= 0.6 is 0 Å². The van der Waals surface area contributed by atoms with Crippen LogP contribution in [0.5, 0.6) is 0 Å². The molecule has 0 bridgehead atoms. The molecular weight excluding hydrogens is 358 g/mol. The van der Waals surface area contributed by atoms with E-state index in [1.54, 1.807) is 6.07 Å². The average Bonchev–Trinajstić information content (AvgIpc) is 2.65. The highest BCUT2D eigenvalue weighted by atomic mass is 16.4. The molecule has 148 valence electrons. The van der Waals surface area contributed by atoms with E-state index in [0.717, 1.165) is 11.1 Å². The maximum atomic E-state index is 12.2. The van der Waals surface area contributed by atoms with Crippen LogP contribution in [-0.4, -0.2) is 35.6 Å². The third-order valence-corrected chi connectivity index (χ3v) is 4.08. The van der Waals surface area contributed by atoms with Gasteiger partial charge in [0, 0.05) is 18.2 Å². The van der Waals surface area contributed by atoms with Crippen molar-refractivity contribution < 1.29 is 19.5 Å². The van der Waals surface area contributed by atoms with Crippen molar-refractivity contribution in [2.75, 3.05) is 11.9 Å². The quantitative estimate of drug-likeness (QED) is 0.534. The van der Waals surface area contributed by atoms with E-state index < -0.39 is 12.0 Å². The van der Waals surface area contributed by atoms with Gasteiger partial charge in [0.1, 0.15) is 0 Å². The number of rotatable bonds is 9. The minimum absolute atomic E-state index is 0.0426. The highest BCUT2D eigenvalue weighted by Gasteiger charge is 2.15. The van der Waals surface area contributed by atoms with Gasteiger partial charge in [-0.25, -0.2) is 4.79 Å². The molecule has 4 N–H and O–H groups in total. The van der Waals surface area contributed by atoms with E-state index in [9.17, 15) is 14.4 Å². The lowest BCUT2D eigenvalue weighted by Crippen LogP contribution is -2.44. The second-order valence-corrected chi connectivity index (χ2v) is 6.56. The van der Waals surface area contributed by atoms with Crippen LogP contribution in [0.25, 0.3) is 0 Å². The smallest absolute Gasteiger partial charge is 0.319 e. The van der Waals surface area contributed by atoms with Crippen molar-refractivity contribution in [3.63, 3.8) is 0 Å². The summed E-state index contributed by atoms with van der Waals surface area (Å²) in [6.07, 6.45) is 0.792. The zero-order chi connectivity index (χ0) is 20.4. The molecule has 0 radical (unpaired) electrons. The van der Waals surface area contributed by atoms with Crippen LogP contribution in [0, 0.1) is 6.92 Å². The Morgan fingerprint density at radius 1 is 1.04 bits per heavy atom. The summed E-state index contributed by atoms with van der Waals surface area (Å²) in [6.45, 7) is 1.72. The van der Waals surface area contributed by atoms with Gasteiger partial charge in [-0.1, -0.05) is 42.5 Å². The lowest BCUT2D eigenvalue weighted by Gasteiger charge is -2.18. The maximum Gasteiger partial charge on any atom is 0.319 e. The second-order valence-electron chi connectivity index (χ2n) is 6.56. The van der Waals surface area contributed by atoms with Crippen LogP contribution in [0.2, 0.25) is 0 Å². The molecule has 0 heterocycles. The molecule has 0 fully saturated rings. The van der Waals surface area contributed by atoms with Crippen LogP contribution in [-0.2, 0) is 16.0 Å². The van der Waals surface area contributed by atoms with Crippen LogP contribution < -0.4 is 16.0 Å². The molecule has 0 saturated heterocycles. The summed E-state index contributed by atoms with van der Waals surface area (Å²) in [5, 5.41) is 16.9. The first-order valence-corrected chi connectivity index (χ1v) is 9.09. The molecule has 1 unspecified atom stereocenters. The first-order chi connectivity index (χ1) is 13.4. The molecule has 7 heteroatoms. The molecule has 3 amide bonds. The first kappa shape index (κ1) is 21.0. The van der Waals surface area contributed by atoms with Crippen LogP contribution in [0.15, 0.2) is 54.6 Å². The summed E-state index contributed by atoms with van der Waals surface area (Å²) >= 11 is 0. The number of hydrogen-bond acceptors (Lipinski definition) is 3. The van der Waals surface area contributed by atoms with Crippen molar-refractivity contribution in [1.82, 2.24) is 10.6 Å². The number of aliphatic carboxylic acids is 1. The number of urea groups is 1. The van der Waals surface area contributed by atoms with Gasteiger partial charge in [-0.3, -0.25) is 9.59 Å². The summed E-state index contributed by atoms with van der Waals surface area (Å²) in [5.41, 5.74) is 2.65. The van der Waals surface area contributed by atoms with Crippen molar-refractivity contribution in [2.24, 2.45) is 0 Å². The van der Waals surface area contributed by atoms with Gasteiger partial charge in [0.15, 0.2) is 0 Å². The molecular formula is C21H25N3O4. The summed E-state index contributed by atoms with van der Waals surface area (Å²) in [4.78, 5) is 35.0. The Morgan fingerprint density at radius 3 is 2.46 bits per heavy atom. The van der Waals surface area contributed by atoms with Crippen LogP contribution in [0.1, 0.15) is 24.0 Å². The molecule has 1 atom stereocenters. The first-order valence-electron chi connectivity index (χ1n) is 9.09. The molecule has 28 heavy (non-hydrogen) atoms. The van der Waals surface area contributed by atoms with Crippen LogP contribution in [0.4, 0.5) is 10.5 Å². The predicted molar refractivity (Wildman–Crippen MR) is 107 cm³/mol. The molecule has 0 spiro atoms. The van der Waals surface area contributed by atoms with Crippen molar-refractivity contribution in [2.45, 2.75) is 32.2 Å². The van der Waals surface area contributed by atoms with E-state index in [0.29, 0.717) is 18.5 Å². The van der Waals surface area contributed by atoms with Crippen LogP contribution in [0.3, 0.4) is 0 Å². The molecule has 0 aliphatic carbocycles. The Kier molecular flexibility index (Phi) is 8.02. The molecule has 2 aromatic carbocycles. The molecule has 2 aromatic rings. The normalized spacial score (nSPS) is 11.3. The number of nitrogens with one attached hydrogen (secondary N) is 3. The third-order valence-electron chi connectivity index (χ3n) is 4.08. The van der Waals surface area contributed by atoms with E-state index >= 15 is 0 Å². The van der Waals surface area contributed by atoms with Crippen molar-refractivity contribution in [1.29, 1.82) is 0 Å². The Morgan fingerprint density at radius 2 is 1.79 bits per heavy atom. The molecule has 0 aromatic heterocycles. The number of carbonyl (C=O) groups excluding carboxylic acids is 2. The molecule has 7 nitrogen and oxygen atoms in total. The molecule has 0 aliphatic rings. The minimum Gasteiger partial charge on any atom is -0.481 e. The van der Waals surface area contributed by atoms with E-state index in [1.165, 1.54) is 0 Å². The van der Waals surface area contributed by atoms with Gasteiger partial charge in [-0.15, -0.1) is 0 Å².